The number of hydrogen-bond acceptors (Lipinski definition) is 5. The van der Waals surface area contributed by atoms with Gasteiger partial charge in [-0.05, 0) is 25.2 Å². The molecule has 0 amide bonds. The van der Waals surface area contributed by atoms with Crippen molar-refractivity contribution in [2.24, 2.45) is 11.8 Å². The summed E-state index contributed by atoms with van der Waals surface area (Å²) < 4.78 is 0. The first-order valence-electron chi connectivity index (χ1n) is 10.2. The highest BCUT2D eigenvalue weighted by Crippen LogP contribution is 2.45. The highest BCUT2D eigenvalue weighted by atomic mass is 17.2. The van der Waals surface area contributed by atoms with E-state index in [0.29, 0.717) is 11.8 Å². The van der Waals surface area contributed by atoms with E-state index in [1.165, 1.54) is 0 Å². The fourth-order valence-corrected chi connectivity index (χ4v) is 4.13. The second-order valence-electron chi connectivity index (χ2n) is 7.62. The molecule has 0 aromatic carbocycles. The molecule has 1 aliphatic carbocycles. The maximum Gasteiger partial charge on any atom is 0.303 e. The minimum atomic E-state index is -0.714. The van der Waals surface area contributed by atoms with Crippen molar-refractivity contribution < 1.29 is 29.8 Å². The number of carbonyl (C=O) groups is 1. The van der Waals surface area contributed by atoms with Crippen molar-refractivity contribution in [3.05, 3.63) is 12.2 Å². The second-order valence-corrected chi connectivity index (χ2v) is 7.62. The third-order valence-electron chi connectivity index (χ3n) is 5.62. The number of aliphatic carboxylic acids is 1. The van der Waals surface area contributed by atoms with Gasteiger partial charge in [0.05, 0.1) is 6.10 Å². The van der Waals surface area contributed by atoms with Crippen LogP contribution in [0.1, 0.15) is 77.6 Å². The number of hydrogen-bond donors (Lipinski definition) is 2. The molecule has 0 aromatic heterocycles. The predicted octanol–water partition coefficient (Wildman–Crippen LogP) is 4.74. The summed E-state index contributed by atoms with van der Waals surface area (Å²) >= 11 is 0. The number of rotatable bonds is 14. The summed E-state index contributed by atoms with van der Waals surface area (Å²) in [6.45, 7) is 2.16. The Hall–Kier alpha value is -0.950. The van der Waals surface area contributed by atoms with Crippen LogP contribution in [0.2, 0.25) is 0 Å². The quantitative estimate of drug-likeness (QED) is 0.199. The van der Waals surface area contributed by atoms with E-state index in [1.54, 1.807) is 0 Å². The molecule has 2 bridgehead atoms. The third kappa shape index (κ3) is 6.65. The summed E-state index contributed by atoms with van der Waals surface area (Å²) in [4.78, 5) is 26.0. The molecule has 0 radical (unpaired) electrons. The summed E-state index contributed by atoms with van der Waals surface area (Å²) in [7, 11) is 0. The van der Waals surface area contributed by atoms with Crippen molar-refractivity contribution >= 4 is 5.97 Å². The van der Waals surface area contributed by atoms with Crippen LogP contribution >= 0.6 is 0 Å². The van der Waals surface area contributed by atoms with Gasteiger partial charge in [0.1, 0.15) is 12.2 Å². The Bertz CT molecular complexity index is 438. The van der Waals surface area contributed by atoms with Gasteiger partial charge in [-0.1, -0.05) is 57.6 Å². The number of unbranched alkanes of at least 4 members (excludes halogenated alkanes) is 5. The van der Waals surface area contributed by atoms with E-state index in [2.05, 4.69) is 17.9 Å². The first-order chi connectivity index (χ1) is 12.7. The number of carboxylic acids is 1. The van der Waals surface area contributed by atoms with Crippen LogP contribution in [0, 0.1) is 11.8 Å². The topological polar surface area (TPSA) is 85.2 Å². The van der Waals surface area contributed by atoms with E-state index in [1.807, 2.05) is 6.08 Å². The molecule has 0 spiro atoms. The number of fused-ring (bicyclic) bond motifs is 2. The van der Waals surface area contributed by atoms with Crippen molar-refractivity contribution in [2.45, 2.75) is 95.9 Å². The lowest BCUT2D eigenvalue weighted by Gasteiger charge is -2.28. The number of carboxylic acid groups (broad SMARTS) is 1. The van der Waals surface area contributed by atoms with Crippen LogP contribution in [-0.4, -0.2) is 34.6 Å². The normalized spacial score (nSPS) is 28.8. The van der Waals surface area contributed by atoms with Crippen molar-refractivity contribution in [3.63, 3.8) is 0 Å². The zero-order valence-corrected chi connectivity index (χ0v) is 15.8. The highest BCUT2D eigenvalue weighted by Gasteiger charge is 2.49. The van der Waals surface area contributed by atoms with E-state index < -0.39 is 5.97 Å². The van der Waals surface area contributed by atoms with Crippen LogP contribution in [0.5, 0.6) is 0 Å². The molecular weight excluding hydrogens is 336 g/mol. The summed E-state index contributed by atoms with van der Waals surface area (Å²) in [5, 5.41) is 17.8. The van der Waals surface area contributed by atoms with Gasteiger partial charge in [-0.15, -0.1) is 0 Å². The highest BCUT2D eigenvalue weighted by molar-refractivity contribution is 5.66. The fourth-order valence-electron chi connectivity index (χ4n) is 4.13. The SMILES string of the molecule is CCCCC[C@@H](/C=C/C1C2CC(OO2)C1CCCCCCC(=O)O)OO. The molecule has 150 valence electrons. The van der Waals surface area contributed by atoms with Crippen molar-refractivity contribution in [1.29, 1.82) is 0 Å². The smallest absolute Gasteiger partial charge is 0.303 e. The molecule has 6 heteroatoms. The average Bonchev–Trinajstić information content (AvgIpc) is 3.22. The molecule has 26 heavy (non-hydrogen) atoms. The Balaban J connectivity index is 1.76. The first kappa shape index (κ1) is 21.4. The molecule has 1 saturated carbocycles. The summed E-state index contributed by atoms with van der Waals surface area (Å²) in [5.41, 5.74) is 0. The maximum atomic E-state index is 10.5. The molecule has 1 heterocycles. The molecule has 1 saturated heterocycles. The fraction of sp³-hybridized carbons (Fsp3) is 0.850. The van der Waals surface area contributed by atoms with Crippen LogP contribution in [-0.2, 0) is 19.5 Å². The summed E-state index contributed by atoms with van der Waals surface area (Å²) in [6, 6.07) is 0. The van der Waals surface area contributed by atoms with Crippen LogP contribution in [0.4, 0.5) is 0 Å². The Morgan fingerprint density at radius 2 is 1.92 bits per heavy atom. The molecule has 2 aliphatic rings. The third-order valence-corrected chi connectivity index (χ3v) is 5.62. The first-order valence-corrected chi connectivity index (χ1v) is 10.2. The zero-order valence-electron chi connectivity index (χ0n) is 15.8. The second kappa shape index (κ2) is 11.7. The van der Waals surface area contributed by atoms with Crippen LogP contribution < -0.4 is 0 Å². The van der Waals surface area contributed by atoms with Gasteiger partial charge >= 0.3 is 5.97 Å². The van der Waals surface area contributed by atoms with Gasteiger partial charge in [0.25, 0.3) is 0 Å². The Kier molecular flexibility index (Phi) is 9.61. The Morgan fingerprint density at radius 1 is 1.15 bits per heavy atom. The molecule has 1 aliphatic heterocycles. The van der Waals surface area contributed by atoms with Crippen molar-refractivity contribution in [2.75, 3.05) is 0 Å². The summed E-state index contributed by atoms with van der Waals surface area (Å²) in [5.74, 6) is 0.0181. The van der Waals surface area contributed by atoms with E-state index in [0.717, 1.165) is 64.2 Å². The molecule has 2 rings (SSSR count). The Labute approximate surface area is 156 Å². The lowest BCUT2D eigenvalue weighted by molar-refractivity contribution is -0.337. The molecular formula is C20H34O6. The van der Waals surface area contributed by atoms with E-state index in [4.69, 9.17) is 20.1 Å². The van der Waals surface area contributed by atoms with E-state index >= 15 is 0 Å². The van der Waals surface area contributed by atoms with Gasteiger partial charge < -0.3 is 5.11 Å². The van der Waals surface area contributed by atoms with Crippen LogP contribution in [0.3, 0.4) is 0 Å². The molecule has 6 nitrogen and oxygen atoms in total. The van der Waals surface area contributed by atoms with Gasteiger partial charge in [-0.2, -0.15) is 0 Å². The zero-order chi connectivity index (χ0) is 18.8. The standard InChI is InChI=1S/C20H34O6/c1-2-3-6-9-15(24-23)12-13-17-16(18-14-19(17)26-25-18)10-7-4-5-8-11-20(21)22/h12-13,15-19,23H,2-11,14H2,1H3,(H,21,22)/b13-12+/t15-,16?,17?,18?,19?/m0/s1. The van der Waals surface area contributed by atoms with Gasteiger partial charge in [-0.3, -0.25) is 10.1 Å². The molecule has 2 fully saturated rings. The van der Waals surface area contributed by atoms with Crippen LogP contribution in [0.25, 0.3) is 0 Å². The largest absolute Gasteiger partial charge is 0.481 e. The van der Waals surface area contributed by atoms with E-state index in [-0.39, 0.29) is 24.7 Å². The van der Waals surface area contributed by atoms with E-state index in [9.17, 15) is 4.79 Å². The monoisotopic (exact) mass is 370 g/mol. The van der Waals surface area contributed by atoms with Crippen molar-refractivity contribution in [1.82, 2.24) is 0 Å². The van der Waals surface area contributed by atoms with Gasteiger partial charge in [-0.25, -0.2) is 14.7 Å². The predicted molar refractivity (Wildman–Crippen MR) is 97.5 cm³/mol. The van der Waals surface area contributed by atoms with Crippen molar-refractivity contribution in [3.8, 4) is 0 Å². The average molecular weight is 370 g/mol. The minimum absolute atomic E-state index is 0.100. The lowest BCUT2D eigenvalue weighted by atomic mass is 9.87. The van der Waals surface area contributed by atoms with Gasteiger partial charge in [0, 0.05) is 18.8 Å². The molecule has 4 unspecified atom stereocenters. The van der Waals surface area contributed by atoms with Crippen LogP contribution in [0.15, 0.2) is 12.2 Å². The Morgan fingerprint density at radius 3 is 2.65 bits per heavy atom. The molecule has 2 N–H and O–H groups in total. The minimum Gasteiger partial charge on any atom is -0.481 e. The van der Waals surface area contributed by atoms with Gasteiger partial charge in [0.15, 0.2) is 0 Å². The molecule has 0 aromatic rings. The molecule has 5 atom stereocenters. The summed E-state index contributed by atoms with van der Waals surface area (Å²) in [6.07, 6.45) is 14.4. The maximum absolute atomic E-state index is 10.5. The van der Waals surface area contributed by atoms with Gasteiger partial charge in [0.2, 0.25) is 0 Å². The lowest BCUT2D eigenvalue weighted by Crippen LogP contribution is -2.29.